The van der Waals surface area contributed by atoms with Crippen molar-refractivity contribution < 1.29 is 4.74 Å². The molecule has 0 unspecified atom stereocenters. The fraction of sp³-hybridized carbons (Fsp3) is 0.375. The quantitative estimate of drug-likeness (QED) is 0.877. The van der Waals surface area contributed by atoms with Crippen LogP contribution in [0, 0.1) is 0 Å². The molecular weight excluding hydrogens is 250 g/mol. The molecule has 0 aliphatic heterocycles. The van der Waals surface area contributed by atoms with Crippen molar-refractivity contribution in [2.24, 2.45) is 0 Å². The summed E-state index contributed by atoms with van der Waals surface area (Å²) >= 11 is 0. The van der Waals surface area contributed by atoms with Gasteiger partial charge in [0.25, 0.3) is 0 Å². The number of hydrogen-bond acceptors (Lipinski definition) is 4. The molecule has 2 rings (SSSR count). The molecular formula is C16H21N3O. The van der Waals surface area contributed by atoms with Crippen LogP contribution in [0.5, 0.6) is 5.75 Å². The predicted molar refractivity (Wildman–Crippen MR) is 81.4 cm³/mol. The minimum absolute atomic E-state index is 0.712. The summed E-state index contributed by atoms with van der Waals surface area (Å²) in [5, 5.41) is 3.26. The van der Waals surface area contributed by atoms with Gasteiger partial charge >= 0.3 is 0 Å². The van der Waals surface area contributed by atoms with E-state index in [1.54, 1.807) is 7.11 Å². The Morgan fingerprint density at radius 1 is 1.15 bits per heavy atom. The van der Waals surface area contributed by atoms with Crippen molar-refractivity contribution in [3.63, 3.8) is 0 Å². The highest BCUT2D eigenvalue weighted by atomic mass is 16.5. The van der Waals surface area contributed by atoms with Crippen LogP contribution in [0.4, 0.5) is 5.82 Å². The van der Waals surface area contributed by atoms with Gasteiger partial charge in [-0.3, -0.25) is 0 Å². The van der Waals surface area contributed by atoms with Crippen LogP contribution < -0.4 is 10.1 Å². The number of benzene rings is 1. The highest BCUT2D eigenvalue weighted by Crippen LogP contribution is 2.16. The van der Waals surface area contributed by atoms with E-state index in [9.17, 15) is 0 Å². The van der Waals surface area contributed by atoms with E-state index in [1.807, 2.05) is 24.3 Å². The van der Waals surface area contributed by atoms with Crippen LogP contribution in [0.3, 0.4) is 0 Å². The largest absolute Gasteiger partial charge is 0.497 e. The second-order valence-corrected chi connectivity index (χ2v) is 4.57. The zero-order valence-electron chi connectivity index (χ0n) is 12.3. The van der Waals surface area contributed by atoms with E-state index < -0.39 is 0 Å². The van der Waals surface area contributed by atoms with E-state index in [0.29, 0.717) is 6.42 Å². The normalized spacial score (nSPS) is 10.3. The van der Waals surface area contributed by atoms with Crippen molar-refractivity contribution in [2.45, 2.75) is 26.7 Å². The molecule has 0 aliphatic carbocycles. The smallest absolute Gasteiger partial charge is 0.135 e. The zero-order valence-corrected chi connectivity index (χ0v) is 12.3. The van der Waals surface area contributed by atoms with Gasteiger partial charge in [-0.25, -0.2) is 9.97 Å². The first kappa shape index (κ1) is 14.3. The molecule has 1 N–H and O–H groups in total. The van der Waals surface area contributed by atoms with Crippen LogP contribution in [0.25, 0.3) is 0 Å². The van der Waals surface area contributed by atoms with Crippen LogP contribution in [-0.2, 0) is 12.8 Å². The van der Waals surface area contributed by atoms with Crippen molar-refractivity contribution in [3.8, 4) is 5.75 Å². The molecule has 0 amide bonds. The minimum Gasteiger partial charge on any atom is -0.497 e. The van der Waals surface area contributed by atoms with E-state index in [2.05, 4.69) is 35.2 Å². The third-order valence-corrected chi connectivity index (χ3v) is 3.04. The van der Waals surface area contributed by atoms with Gasteiger partial charge in [0.1, 0.15) is 17.4 Å². The Morgan fingerprint density at radius 2 is 2.00 bits per heavy atom. The lowest BCUT2D eigenvalue weighted by molar-refractivity contribution is 0.414. The number of nitrogens with one attached hydrogen (secondary N) is 1. The zero-order chi connectivity index (χ0) is 14.4. The molecule has 2 aromatic rings. The second-order valence-electron chi connectivity index (χ2n) is 4.57. The Bertz CT molecular complexity index is 569. The number of methoxy groups -OCH3 is 1. The average Bonchev–Trinajstić information content (AvgIpc) is 2.47. The molecule has 1 aromatic heterocycles. The molecule has 106 valence electrons. The lowest BCUT2D eigenvalue weighted by Crippen LogP contribution is -2.06. The van der Waals surface area contributed by atoms with Crippen LogP contribution in [0.2, 0.25) is 0 Å². The predicted octanol–water partition coefficient (Wildman–Crippen LogP) is 3.07. The summed E-state index contributed by atoms with van der Waals surface area (Å²) in [6.45, 7) is 5.03. The molecule has 20 heavy (non-hydrogen) atoms. The number of rotatable bonds is 6. The third-order valence-electron chi connectivity index (χ3n) is 3.04. The van der Waals surface area contributed by atoms with Gasteiger partial charge in [0, 0.05) is 24.7 Å². The summed E-state index contributed by atoms with van der Waals surface area (Å²) in [4.78, 5) is 9.15. The Labute approximate surface area is 120 Å². The van der Waals surface area contributed by atoms with Gasteiger partial charge in [0.15, 0.2) is 0 Å². The lowest BCUT2D eigenvalue weighted by Gasteiger charge is -2.08. The maximum Gasteiger partial charge on any atom is 0.135 e. The number of anilines is 1. The first-order valence-corrected chi connectivity index (χ1v) is 6.98. The van der Waals surface area contributed by atoms with Crippen molar-refractivity contribution in [1.82, 2.24) is 9.97 Å². The van der Waals surface area contributed by atoms with Gasteiger partial charge in [-0.1, -0.05) is 19.1 Å². The van der Waals surface area contributed by atoms with E-state index in [1.165, 1.54) is 0 Å². The second kappa shape index (κ2) is 6.89. The van der Waals surface area contributed by atoms with Gasteiger partial charge in [-0.05, 0) is 31.0 Å². The molecule has 0 bridgehead atoms. The number of aromatic nitrogens is 2. The molecule has 0 atom stereocenters. The Morgan fingerprint density at radius 3 is 2.70 bits per heavy atom. The van der Waals surface area contributed by atoms with Crippen LogP contribution in [0.15, 0.2) is 30.3 Å². The molecule has 0 saturated heterocycles. The Kier molecular flexibility index (Phi) is 4.93. The van der Waals surface area contributed by atoms with Crippen molar-refractivity contribution in [1.29, 1.82) is 0 Å². The number of hydrogen-bond donors (Lipinski definition) is 1. The Hall–Kier alpha value is -2.10. The van der Waals surface area contributed by atoms with Gasteiger partial charge in [-0.15, -0.1) is 0 Å². The maximum absolute atomic E-state index is 5.25. The molecule has 4 nitrogen and oxygen atoms in total. The highest BCUT2D eigenvalue weighted by Gasteiger charge is 2.05. The summed E-state index contributed by atoms with van der Waals surface area (Å²) in [6.07, 6.45) is 1.62. The summed E-state index contributed by atoms with van der Waals surface area (Å²) < 4.78 is 5.25. The van der Waals surface area contributed by atoms with Gasteiger partial charge in [-0.2, -0.15) is 0 Å². The first-order chi connectivity index (χ1) is 9.75. The summed E-state index contributed by atoms with van der Waals surface area (Å²) in [5.41, 5.74) is 2.22. The fourth-order valence-electron chi connectivity index (χ4n) is 2.05. The molecule has 0 aliphatic rings. The monoisotopic (exact) mass is 271 g/mol. The van der Waals surface area contributed by atoms with E-state index in [4.69, 9.17) is 4.74 Å². The average molecular weight is 271 g/mol. The fourth-order valence-corrected chi connectivity index (χ4v) is 2.05. The molecule has 1 heterocycles. The van der Waals surface area contributed by atoms with Crippen LogP contribution >= 0.6 is 0 Å². The van der Waals surface area contributed by atoms with Gasteiger partial charge in [0.05, 0.1) is 7.11 Å². The van der Waals surface area contributed by atoms with E-state index in [-0.39, 0.29) is 0 Å². The van der Waals surface area contributed by atoms with Crippen LogP contribution in [-0.4, -0.2) is 23.6 Å². The molecule has 0 spiro atoms. The van der Waals surface area contributed by atoms with Gasteiger partial charge < -0.3 is 10.1 Å². The molecule has 0 saturated carbocycles. The topological polar surface area (TPSA) is 47.0 Å². The highest BCUT2D eigenvalue weighted by molar-refractivity contribution is 5.37. The number of aryl methyl sites for hydroxylation is 1. The summed E-state index contributed by atoms with van der Waals surface area (Å²) in [7, 11) is 1.68. The Balaban J connectivity index is 2.24. The number of nitrogens with zero attached hydrogens (tertiary/aromatic N) is 2. The molecule has 1 aromatic carbocycles. The maximum atomic E-state index is 5.25. The molecule has 0 fully saturated rings. The van der Waals surface area contributed by atoms with E-state index in [0.717, 1.165) is 41.6 Å². The summed E-state index contributed by atoms with van der Waals surface area (Å²) in [6, 6.07) is 10.0. The standard InChI is InChI=1S/C16H21N3O/c1-4-13-11-15(17-5-2)19-16(18-13)10-12-7-6-8-14(9-12)20-3/h6-9,11H,4-5,10H2,1-3H3,(H,17,18,19). The molecule has 0 radical (unpaired) electrons. The minimum atomic E-state index is 0.712. The van der Waals surface area contributed by atoms with E-state index >= 15 is 0 Å². The van der Waals surface area contributed by atoms with Crippen molar-refractivity contribution >= 4 is 5.82 Å². The van der Waals surface area contributed by atoms with Gasteiger partial charge in [0.2, 0.25) is 0 Å². The van der Waals surface area contributed by atoms with Crippen molar-refractivity contribution in [2.75, 3.05) is 19.0 Å². The SMILES string of the molecule is CCNc1cc(CC)nc(Cc2cccc(OC)c2)n1. The van der Waals surface area contributed by atoms with Crippen molar-refractivity contribution in [3.05, 3.63) is 47.4 Å². The number of ether oxygens (including phenoxy) is 1. The first-order valence-electron chi connectivity index (χ1n) is 6.98. The molecule has 4 heteroatoms. The third kappa shape index (κ3) is 3.70. The summed E-state index contributed by atoms with van der Waals surface area (Å²) in [5.74, 6) is 2.60. The van der Waals surface area contributed by atoms with Crippen LogP contribution in [0.1, 0.15) is 30.9 Å². The lowest BCUT2D eigenvalue weighted by atomic mass is 10.1.